The van der Waals surface area contributed by atoms with Crippen molar-refractivity contribution in [2.24, 2.45) is 0 Å². The Hall–Kier alpha value is -2.49. The zero-order valence-electron chi connectivity index (χ0n) is 27.4. The summed E-state index contributed by atoms with van der Waals surface area (Å²) >= 11 is 5.85. The molecule has 3 fully saturated rings. The summed E-state index contributed by atoms with van der Waals surface area (Å²) in [6, 6.07) is 27.1. The van der Waals surface area contributed by atoms with E-state index in [0.717, 1.165) is 82.8 Å². The number of nitrogens with zero attached hydrogens (tertiary/aromatic N) is 3. The van der Waals surface area contributed by atoms with E-state index in [0.29, 0.717) is 0 Å². The average molecular weight is 635 g/mol. The van der Waals surface area contributed by atoms with Crippen molar-refractivity contribution in [1.29, 1.82) is 0 Å². The van der Waals surface area contributed by atoms with Crippen molar-refractivity contribution < 1.29 is 19.4 Å². The Morgan fingerprint density at radius 2 is 0.867 bits per heavy atom. The number of hydrogen-bond donors (Lipinski definition) is 3. The lowest BCUT2D eigenvalue weighted by Crippen LogP contribution is -3.09. The second-order valence-electron chi connectivity index (χ2n) is 12.5. The number of hydrogen-bond acceptors (Lipinski definition) is 4. The van der Waals surface area contributed by atoms with Crippen LogP contribution in [-0.4, -0.2) is 100 Å². The molecular formula is C37H55ClN6O. The molecule has 3 aromatic carbocycles. The molecule has 3 aliphatic rings. The van der Waals surface area contributed by atoms with Crippen LogP contribution in [0.5, 0.6) is 5.75 Å². The standard InChI is InChI=1S/C13H20N2O.C12H17ClN2.C12H18N2/c1-14-7-9-15(10-8-14)11-12-3-5-13(16-2)6-4-12;1-14-6-8-15(9-7-14)10-11-2-4-12(13)5-3-11;1-13-7-9-14(10-8-13)11-12-5-3-2-4-6-12/h3-6,14H,1,7-11H2,2H3;2-5,14H,1,6-10H2;2-6,13H,1,7-11H2. The molecule has 6 rings (SSSR count). The molecule has 0 saturated carbocycles. The predicted molar refractivity (Wildman–Crippen MR) is 185 cm³/mol. The maximum absolute atomic E-state index is 5.85. The molecule has 0 spiro atoms. The van der Waals surface area contributed by atoms with E-state index in [1.54, 1.807) is 7.11 Å². The molecular weight excluding hydrogens is 580 g/mol. The maximum Gasteiger partial charge on any atom is 0.118 e. The zero-order valence-corrected chi connectivity index (χ0v) is 28.1. The smallest absolute Gasteiger partial charge is 0.118 e. The van der Waals surface area contributed by atoms with E-state index in [2.05, 4.69) is 90.4 Å². The van der Waals surface area contributed by atoms with Crippen LogP contribution in [0.15, 0.2) is 78.9 Å². The molecule has 0 atom stereocenters. The molecule has 3 heterocycles. The monoisotopic (exact) mass is 634 g/mol. The fourth-order valence-corrected chi connectivity index (χ4v) is 5.89. The topological polar surface area (TPSA) is 32.3 Å². The Labute approximate surface area is 277 Å². The van der Waals surface area contributed by atoms with Gasteiger partial charge in [-0.3, -0.25) is 14.7 Å². The first-order valence-electron chi connectivity index (χ1n) is 16.4. The van der Waals surface area contributed by atoms with Crippen molar-refractivity contribution in [2.75, 3.05) is 85.6 Å². The number of benzene rings is 3. The van der Waals surface area contributed by atoms with Gasteiger partial charge in [-0.2, -0.15) is 21.1 Å². The first-order chi connectivity index (χ1) is 21.9. The van der Waals surface area contributed by atoms with Gasteiger partial charge in [-0.1, -0.05) is 66.2 Å². The summed E-state index contributed by atoms with van der Waals surface area (Å²) in [5.74, 6) is 0.927. The molecule has 8 heteroatoms. The summed E-state index contributed by atoms with van der Waals surface area (Å²) in [7, 11) is 13.8. The fraction of sp³-hybridized carbons (Fsp3) is 0.432. The van der Waals surface area contributed by atoms with Crippen LogP contribution in [-0.2, 0) is 19.6 Å². The van der Waals surface area contributed by atoms with Gasteiger partial charge in [0, 0.05) is 63.9 Å². The van der Waals surface area contributed by atoms with Gasteiger partial charge in [-0.15, -0.1) is 0 Å². The number of methoxy groups -OCH3 is 1. The van der Waals surface area contributed by atoms with Crippen LogP contribution < -0.4 is 19.4 Å². The van der Waals surface area contributed by atoms with E-state index in [1.807, 2.05) is 24.3 Å². The minimum atomic E-state index is 0.811. The quantitative estimate of drug-likeness (QED) is 0.341. The molecule has 3 aromatic rings. The summed E-state index contributed by atoms with van der Waals surface area (Å²) < 4.78 is 5.15. The van der Waals surface area contributed by atoms with Gasteiger partial charge in [-0.25, -0.2) is 0 Å². The van der Waals surface area contributed by atoms with Crippen molar-refractivity contribution in [1.82, 2.24) is 14.7 Å². The normalized spacial score (nSPS) is 19.2. The number of piperazine rings is 3. The third-order valence-electron chi connectivity index (χ3n) is 8.82. The number of ether oxygens (including phenoxy) is 1. The Balaban J connectivity index is 0.000000154. The largest absolute Gasteiger partial charge is 0.497 e. The Morgan fingerprint density at radius 3 is 1.22 bits per heavy atom. The lowest BCUT2D eigenvalue weighted by Gasteiger charge is -2.33. The first kappa shape index (κ1) is 35.4. The van der Waals surface area contributed by atoms with Crippen molar-refractivity contribution in [3.63, 3.8) is 0 Å². The summed E-state index contributed by atoms with van der Waals surface area (Å²) in [6.45, 7) is 17.0. The van der Waals surface area contributed by atoms with Crippen LogP contribution >= 0.6 is 11.6 Å². The molecule has 45 heavy (non-hydrogen) atoms. The molecule has 3 saturated heterocycles. The Morgan fingerprint density at radius 1 is 0.533 bits per heavy atom. The molecule has 246 valence electrons. The summed E-state index contributed by atoms with van der Waals surface area (Å²) in [6.07, 6.45) is 0. The van der Waals surface area contributed by atoms with Gasteiger partial charge in [-0.05, 0) is 41.0 Å². The van der Waals surface area contributed by atoms with Crippen molar-refractivity contribution >= 4 is 11.6 Å². The summed E-state index contributed by atoms with van der Waals surface area (Å²) in [5, 5.41) is 0.811. The van der Waals surface area contributed by atoms with Gasteiger partial charge in [0.25, 0.3) is 0 Å². The second-order valence-corrected chi connectivity index (χ2v) is 13.0. The molecule has 0 aliphatic carbocycles. The minimum absolute atomic E-state index is 0.811. The Kier molecular flexibility index (Phi) is 15.1. The number of nitrogens with one attached hydrogen (secondary N) is 3. The van der Waals surface area contributed by atoms with Crippen LogP contribution in [0.4, 0.5) is 0 Å². The average Bonchev–Trinajstić information content (AvgIpc) is 3.07. The SMILES string of the molecule is [CH2-][NH+]1CCN(Cc2ccc(Cl)cc2)CC1.[CH2-][NH+]1CCN(Cc2ccc(OC)cc2)CC1.[CH2-][NH+]1CCN(Cc2ccccc2)CC1. The molecule has 0 radical (unpaired) electrons. The number of halogens is 1. The molecule has 0 bridgehead atoms. The lowest BCUT2D eigenvalue weighted by atomic mass is 10.2. The maximum atomic E-state index is 5.85. The number of quaternary nitrogens is 3. The van der Waals surface area contributed by atoms with Gasteiger partial charge in [0.05, 0.1) is 46.4 Å². The summed E-state index contributed by atoms with van der Waals surface area (Å²) in [4.78, 5) is 11.7. The molecule has 0 amide bonds. The second kappa shape index (κ2) is 19.2. The minimum Gasteiger partial charge on any atom is -0.497 e. The van der Waals surface area contributed by atoms with Gasteiger partial charge < -0.3 is 19.4 Å². The van der Waals surface area contributed by atoms with Crippen molar-refractivity contribution in [3.05, 3.63) is 122 Å². The van der Waals surface area contributed by atoms with Crippen LogP contribution in [0.25, 0.3) is 0 Å². The van der Waals surface area contributed by atoms with Gasteiger partial charge in [0.2, 0.25) is 0 Å². The molecule has 7 nitrogen and oxygen atoms in total. The van der Waals surface area contributed by atoms with Gasteiger partial charge >= 0.3 is 0 Å². The van der Waals surface area contributed by atoms with E-state index in [9.17, 15) is 0 Å². The van der Waals surface area contributed by atoms with E-state index in [-0.39, 0.29) is 0 Å². The molecule has 3 aliphatic heterocycles. The van der Waals surface area contributed by atoms with Gasteiger partial charge in [0.15, 0.2) is 0 Å². The Bertz CT molecular complexity index is 1190. The zero-order chi connectivity index (χ0) is 31.9. The predicted octanol–water partition coefficient (Wildman–Crippen LogP) is 1.20. The van der Waals surface area contributed by atoms with E-state index in [1.165, 1.54) is 57.6 Å². The summed E-state index contributed by atoms with van der Waals surface area (Å²) in [5.41, 5.74) is 4.11. The van der Waals surface area contributed by atoms with Crippen LogP contribution in [0.2, 0.25) is 5.02 Å². The van der Waals surface area contributed by atoms with Gasteiger partial charge in [0.1, 0.15) is 5.75 Å². The number of rotatable bonds is 7. The molecule has 0 aromatic heterocycles. The lowest BCUT2D eigenvalue weighted by molar-refractivity contribution is -0.859. The van der Waals surface area contributed by atoms with Crippen LogP contribution in [0.3, 0.4) is 0 Å². The van der Waals surface area contributed by atoms with Crippen LogP contribution in [0, 0.1) is 21.1 Å². The van der Waals surface area contributed by atoms with E-state index < -0.39 is 0 Å². The van der Waals surface area contributed by atoms with Crippen molar-refractivity contribution in [3.8, 4) is 5.75 Å². The van der Waals surface area contributed by atoms with E-state index >= 15 is 0 Å². The van der Waals surface area contributed by atoms with E-state index in [4.69, 9.17) is 16.3 Å². The fourth-order valence-electron chi connectivity index (χ4n) is 5.76. The van der Waals surface area contributed by atoms with Crippen molar-refractivity contribution in [2.45, 2.75) is 19.6 Å². The third-order valence-corrected chi connectivity index (χ3v) is 9.08. The highest BCUT2D eigenvalue weighted by molar-refractivity contribution is 6.30. The third kappa shape index (κ3) is 13.4. The first-order valence-corrected chi connectivity index (χ1v) is 16.8. The molecule has 3 N–H and O–H groups in total. The highest BCUT2D eigenvalue weighted by Gasteiger charge is 2.15. The highest BCUT2D eigenvalue weighted by Crippen LogP contribution is 2.13. The highest BCUT2D eigenvalue weighted by atomic mass is 35.5. The molecule has 0 unspecified atom stereocenters. The van der Waals surface area contributed by atoms with Crippen LogP contribution in [0.1, 0.15) is 16.7 Å².